The number of furan rings is 1. The Kier molecular flexibility index (Phi) is 10.3. The Morgan fingerprint density at radius 1 is 1.00 bits per heavy atom. The van der Waals surface area contributed by atoms with E-state index < -0.39 is 6.10 Å². The molecule has 0 spiro atoms. The summed E-state index contributed by atoms with van der Waals surface area (Å²) < 4.78 is 11.7. The summed E-state index contributed by atoms with van der Waals surface area (Å²) >= 11 is 0. The van der Waals surface area contributed by atoms with Crippen LogP contribution < -0.4 is 10.1 Å². The second-order valence-electron chi connectivity index (χ2n) is 9.40. The normalized spacial score (nSPS) is 14.1. The number of aliphatic hydroxyl groups is 2. The molecule has 0 aliphatic rings. The van der Waals surface area contributed by atoms with Crippen molar-refractivity contribution in [2.45, 2.75) is 71.0 Å². The van der Waals surface area contributed by atoms with Gasteiger partial charge in [0.05, 0.1) is 6.10 Å². The van der Waals surface area contributed by atoms with Crippen LogP contribution in [0, 0.1) is 0 Å². The maximum atomic E-state index is 10.6. The van der Waals surface area contributed by atoms with E-state index in [-0.39, 0.29) is 24.4 Å². The van der Waals surface area contributed by atoms with Gasteiger partial charge in [0.1, 0.15) is 24.2 Å². The molecule has 192 valence electrons. The molecule has 2 aromatic heterocycles. The van der Waals surface area contributed by atoms with Crippen molar-refractivity contribution in [3.8, 4) is 11.5 Å². The number of H-pyrrole nitrogens is 1. The molecule has 0 radical (unpaired) electrons. The lowest BCUT2D eigenvalue weighted by Gasteiger charge is -2.14. The van der Waals surface area contributed by atoms with E-state index >= 15 is 0 Å². The molecule has 35 heavy (non-hydrogen) atoms. The van der Waals surface area contributed by atoms with Crippen LogP contribution in [0.2, 0.25) is 0 Å². The number of aliphatic hydroxyl groups excluding tert-OH is 2. The third-order valence-electron chi connectivity index (χ3n) is 6.12. The first-order valence-corrected chi connectivity index (χ1v) is 12.6. The third kappa shape index (κ3) is 8.46. The van der Waals surface area contributed by atoms with E-state index in [1.54, 1.807) is 13.0 Å². The van der Waals surface area contributed by atoms with Crippen LogP contribution in [0.1, 0.15) is 74.0 Å². The molecule has 0 saturated carbocycles. The lowest BCUT2D eigenvalue weighted by atomic mass is 10.0. The van der Waals surface area contributed by atoms with Crippen LogP contribution in [0.25, 0.3) is 0 Å². The van der Waals surface area contributed by atoms with Gasteiger partial charge in [-0.05, 0) is 67.1 Å². The molecular formula is C28H40N2O5. The number of unbranched alkanes of at least 4 members (excludes halogenated alkanes) is 1. The SMILES string of the molecule is CCCCc1ccc(CCc2ccc(O)c(OC[C@H](O)c3cc([C@H](C)CNC[C@H](C)O)c[nH]3)c2)o1. The van der Waals surface area contributed by atoms with Gasteiger partial charge >= 0.3 is 0 Å². The number of aromatic hydroxyl groups is 1. The van der Waals surface area contributed by atoms with Gasteiger partial charge < -0.3 is 34.8 Å². The van der Waals surface area contributed by atoms with Gasteiger partial charge in [-0.15, -0.1) is 0 Å². The van der Waals surface area contributed by atoms with Crippen LogP contribution in [0.5, 0.6) is 11.5 Å². The van der Waals surface area contributed by atoms with Crippen molar-refractivity contribution in [3.05, 3.63) is 70.9 Å². The van der Waals surface area contributed by atoms with Gasteiger partial charge in [-0.25, -0.2) is 0 Å². The van der Waals surface area contributed by atoms with E-state index in [1.165, 1.54) is 0 Å². The minimum absolute atomic E-state index is 0.0184. The Bertz CT molecular complexity index is 1030. The van der Waals surface area contributed by atoms with Crippen molar-refractivity contribution >= 4 is 0 Å². The standard InChI is InChI=1S/C28H40N2O5/c1-4-5-6-23-10-11-24(35-23)9-7-21-8-12-26(32)28(13-21)34-18-27(33)25-14-22(17-30-25)19(2)15-29-16-20(3)31/h8,10-14,17,19-20,27,29-33H,4-7,9,15-16,18H2,1-3H3/t19-,20+,27+/m1/s1. The van der Waals surface area contributed by atoms with E-state index in [1.807, 2.05) is 30.5 Å². The average Bonchev–Trinajstić information content (AvgIpc) is 3.51. The van der Waals surface area contributed by atoms with Crippen LogP contribution in [0.4, 0.5) is 0 Å². The van der Waals surface area contributed by atoms with Gasteiger partial charge in [0.2, 0.25) is 0 Å². The molecule has 7 heteroatoms. The summed E-state index contributed by atoms with van der Waals surface area (Å²) in [6.45, 7) is 7.30. The summed E-state index contributed by atoms with van der Waals surface area (Å²) in [5.41, 5.74) is 2.76. The molecule has 2 heterocycles. The number of aryl methyl sites for hydroxylation is 3. The highest BCUT2D eigenvalue weighted by molar-refractivity contribution is 5.42. The van der Waals surface area contributed by atoms with Gasteiger partial charge in [0.15, 0.2) is 11.5 Å². The number of benzene rings is 1. The Labute approximate surface area is 208 Å². The predicted molar refractivity (Wildman–Crippen MR) is 137 cm³/mol. The average molecular weight is 485 g/mol. The minimum Gasteiger partial charge on any atom is -0.504 e. The fourth-order valence-corrected chi connectivity index (χ4v) is 3.93. The third-order valence-corrected chi connectivity index (χ3v) is 6.12. The number of nitrogens with one attached hydrogen (secondary N) is 2. The van der Waals surface area contributed by atoms with Crippen molar-refractivity contribution in [3.63, 3.8) is 0 Å². The lowest BCUT2D eigenvalue weighted by molar-refractivity contribution is 0.103. The van der Waals surface area contributed by atoms with Gasteiger partial charge in [-0.3, -0.25) is 0 Å². The largest absolute Gasteiger partial charge is 0.504 e. The van der Waals surface area contributed by atoms with E-state index in [0.717, 1.165) is 61.3 Å². The molecule has 1 aromatic carbocycles. The fraction of sp³-hybridized carbons (Fsp3) is 0.500. The molecule has 7 nitrogen and oxygen atoms in total. The van der Waals surface area contributed by atoms with E-state index in [0.29, 0.717) is 18.0 Å². The zero-order valence-corrected chi connectivity index (χ0v) is 21.1. The molecular weight excluding hydrogens is 444 g/mol. The van der Waals surface area contributed by atoms with Gasteiger partial charge in [0.25, 0.3) is 0 Å². The van der Waals surface area contributed by atoms with Gasteiger partial charge in [-0.2, -0.15) is 0 Å². The first-order valence-electron chi connectivity index (χ1n) is 12.6. The van der Waals surface area contributed by atoms with Crippen LogP contribution in [-0.4, -0.2) is 46.1 Å². The Balaban J connectivity index is 1.51. The molecule has 5 N–H and O–H groups in total. The first kappa shape index (κ1) is 26.9. The number of rotatable bonds is 15. The smallest absolute Gasteiger partial charge is 0.161 e. The number of phenols is 1. The molecule has 0 aliphatic heterocycles. The monoisotopic (exact) mass is 484 g/mol. The predicted octanol–water partition coefficient (Wildman–Crippen LogP) is 4.63. The van der Waals surface area contributed by atoms with Crippen molar-refractivity contribution in [2.24, 2.45) is 0 Å². The quantitative estimate of drug-likeness (QED) is 0.215. The molecule has 0 unspecified atom stereocenters. The minimum atomic E-state index is -0.853. The molecule has 0 fully saturated rings. The number of hydrogen-bond donors (Lipinski definition) is 5. The maximum Gasteiger partial charge on any atom is 0.161 e. The summed E-state index contributed by atoms with van der Waals surface area (Å²) in [4.78, 5) is 3.12. The molecule has 0 saturated heterocycles. The zero-order chi connectivity index (χ0) is 25.2. The molecule has 0 amide bonds. The molecule has 3 aromatic rings. The first-order chi connectivity index (χ1) is 16.9. The summed E-state index contributed by atoms with van der Waals surface area (Å²) in [7, 11) is 0. The van der Waals surface area contributed by atoms with Crippen LogP contribution in [-0.2, 0) is 19.3 Å². The molecule has 3 rings (SSSR count). The topological polar surface area (TPSA) is 111 Å². The number of aromatic amines is 1. The zero-order valence-electron chi connectivity index (χ0n) is 21.1. The van der Waals surface area contributed by atoms with Crippen LogP contribution in [0.3, 0.4) is 0 Å². The van der Waals surface area contributed by atoms with Crippen molar-refractivity contribution in [2.75, 3.05) is 19.7 Å². The van der Waals surface area contributed by atoms with Crippen LogP contribution in [0.15, 0.2) is 47.0 Å². The van der Waals surface area contributed by atoms with Crippen molar-refractivity contribution < 1.29 is 24.5 Å². The highest BCUT2D eigenvalue weighted by Crippen LogP contribution is 2.29. The maximum absolute atomic E-state index is 10.6. The molecule has 0 bridgehead atoms. The highest BCUT2D eigenvalue weighted by atomic mass is 16.5. The van der Waals surface area contributed by atoms with E-state index in [2.05, 4.69) is 30.2 Å². The van der Waals surface area contributed by atoms with Gasteiger partial charge in [0, 0.05) is 37.8 Å². The Morgan fingerprint density at radius 2 is 1.77 bits per heavy atom. The molecule has 0 aliphatic carbocycles. The molecule has 3 atom stereocenters. The van der Waals surface area contributed by atoms with Crippen molar-refractivity contribution in [1.82, 2.24) is 10.3 Å². The number of phenolic OH excluding ortho intramolecular Hbond substituents is 1. The Hall–Kier alpha value is -2.74. The second kappa shape index (κ2) is 13.4. The van der Waals surface area contributed by atoms with Gasteiger partial charge in [-0.1, -0.05) is 26.3 Å². The van der Waals surface area contributed by atoms with E-state index in [9.17, 15) is 15.3 Å². The van der Waals surface area contributed by atoms with E-state index in [4.69, 9.17) is 9.15 Å². The summed E-state index contributed by atoms with van der Waals surface area (Å²) in [6, 6.07) is 11.3. The number of hydrogen-bond acceptors (Lipinski definition) is 6. The van der Waals surface area contributed by atoms with Crippen LogP contribution >= 0.6 is 0 Å². The summed E-state index contributed by atoms with van der Waals surface area (Å²) in [5, 5.41) is 33.4. The van der Waals surface area contributed by atoms with Crippen molar-refractivity contribution in [1.29, 1.82) is 0 Å². The lowest BCUT2D eigenvalue weighted by Crippen LogP contribution is -2.27. The summed E-state index contributed by atoms with van der Waals surface area (Å²) in [5.74, 6) is 2.62. The highest BCUT2D eigenvalue weighted by Gasteiger charge is 2.15. The second-order valence-corrected chi connectivity index (χ2v) is 9.40. The summed E-state index contributed by atoms with van der Waals surface area (Å²) in [6.07, 6.45) is 5.43. The number of aromatic nitrogens is 1. The number of ether oxygens (including phenoxy) is 1. The Morgan fingerprint density at radius 3 is 2.51 bits per heavy atom. The fourth-order valence-electron chi connectivity index (χ4n) is 3.93.